The first-order chi connectivity index (χ1) is 16.0. The van der Waals surface area contributed by atoms with Gasteiger partial charge >= 0.3 is 0 Å². The molecule has 1 aliphatic rings. The van der Waals surface area contributed by atoms with Crippen molar-refractivity contribution in [2.75, 3.05) is 20.8 Å². The van der Waals surface area contributed by atoms with Crippen molar-refractivity contribution in [2.24, 2.45) is 0 Å². The predicted octanol–water partition coefficient (Wildman–Crippen LogP) is 4.27. The number of carbonyl (C=O) groups is 1. The molecule has 1 saturated heterocycles. The summed E-state index contributed by atoms with van der Waals surface area (Å²) in [5.41, 5.74) is 2.06. The van der Waals surface area contributed by atoms with E-state index in [9.17, 15) is 4.79 Å². The van der Waals surface area contributed by atoms with Gasteiger partial charge in [-0.2, -0.15) is 0 Å². The van der Waals surface area contributed by atoms with E-state index in [-0.39, 0.29) is 17.3 Å². The molecule has 2 heterocycles. The van der Waals surface area contributed by atoms with Crippen molar-refractivity contribution >= 4 is 17.7 Å². The van der Waals surface area contributed by atoms with E-state index in [0.29, 0.717) is 13.1 Å². The molecule has 1 fully saturated rings. The maximum Gasteiger partial charge on any atom is 0.235 e. The van der Waals surface area contributed by atoms with E-state index in [4.69, 9.17) is 9.47 Å². The molecule has 1 amide bonds. The normalized spacial score (nSPS) is 16.5. The van der Waals surface area contributed by atoms with Gasteiger partial charge in [0.25, 0.3) is 0 Å². The van der Waals surface area contributed by atoms with Crippen LogP contribution in [0.5, 0.6) is 5.75 Å². The van der Waals surface area contributed by atoms with Crippen molar-refractivity contribution in [2.45, 2.75) is 49.4 Å². The van der Waals surface area contributed by atoms with Gasteiger partial charge in [-0.3, -0.25) is 9.36 Å². The molecule has 3 aromatic rings. The molecule has 0 saturated carbocycles. The Balaban J connectivity index is 1.52. The Kier molecular flexibility index (Phi) is 7.67. The zero-order valence-electron chi connectivity index (χ0n) is 19.3. The van der Waals surface area contributed by atoms with E-state index in [2.05, 4.69) is 14.8 Å². The van der Waals surface area contributed by atoms with Crippen LogP contribution in [0.25, 0.3) is 11.4 Å². The second-order valence-electron chi connectivity index (χ2n) is 8.22. The first kappa shape index (κ1) is 23.3. The quantitative estimate of drug-likeness (QED) is 0.439. The standard InChI is InChI=1S/C25H30N4O3S/c1-18(24(30)28(2)16-19-8-5-4-6-9-19)33-25-27-26-23(20-11-13-21(31-3)14-12-20)29(25)17-22-10-7-15-32-22/h4-6,8-9,11-14,18,22H,7,10,15-17H2,1-3H3. The third-order valence-electron chi connectivity index (χ3n) is 5.74. The van der Waals surface area contributed by atoms with E-state index >= 15 is 0 Å². The van der Waals surface area contributed by atoms with Gasteiger partial charge in [0.1, 0.15) is 5.75 Å². The van der Waals surface area contributed by atoms with Gasteiger partial charge in [0.2, 0.25) is 5.91 Å². The first-order valence-corrected chi connectivity index (χ1v) is 12.1. The molecule has 1 aliphatic heterocycles. The monoisotopic (exact) mass is 466 g/mol. The third-order valence-corrected chi connectivity index (χ3v) is 6.81. The molecule has 33 heavy (non-hydrogen) atoms. The number of benzene rings is 2. The second-order valence-corrected chi connectivity index (χ2v) is 9.53. The molecule has 0 spiro atoms. The predicted molar refractivity (Wildman–Crippen MR) is 129 cm³/mol. The Morgan fingerprint density at radius 1 is 1.21 bits per heavy atom. The molecule has 0 radical (unpaired) electrons. The fourth-order valence-corrected chi connectivity index (χ4v) is 4.91. The van der Waals surface area contributed by atoms with Crippen LogP contribution in [0.15, 0.2) is 59.8 Å². The molecule has 2 atom stereocenters. The molecule has 4 rings (SSSR count). The van der Waals surface area contributed by atoms with Crippen molar-refractivity contribution in [3.05, 3.63) is 60.2 Å². The van der Waals surface area contributed by atoms with Crippen LogP contribution in [0.2, 0.25) is 0 Å². The van der Waals surface area contributed by atoms with Crippen LogP contribution in [0, 0.1) is 0 Å². The Hall–Kier alpha value is -2.84. The average molecular weight is 467 g/mol. The van der Waals surface area contributed by atoms with Crippen molar-refractivity contribution in [1.82, 2.24) is 19.7 Å². The lowest BCUT2D eigenvalue weighted by Crippen LogP contribution is -2.33. The van der Waals surface area contributed by atoms with Gasteiger partial charge in [-0.15, -0.1) is 10.2 Å². The number of rotatable bonds is 9. The molecular weight excluding hydrogens is 436 g/mol. The summed E-state index contributed by atoms with van der Waals surface area (Å²) in [5, 5.41) is 9.37. The number of nitrogens with zero attached hydrogens (tertiary/aromatic N) is 4. The molecule has 0 bridgehead atoms. The smallest absolute Gasteiger partial charge is 0.235 e. The summed E-state index contributed by atoms with van der Waals surface area (Å²) >= 11 is 1.44. The minimum absolute atomic E-state index is 0.0570. The van der Waals surface area contributed by atoms with Crippen LogP contribution in [-0.2, 0) is 22.6 Å². The SMILES string of the molecule is COc1ccc(-c2nnc(SC(C)C(=O)N(C)Cc3ccccc3)n2CC2CCCO2)cc1. The number of ether oxygens (including phenoxy) is 2. The van der Waals surface area contributed by atoms with Gasteiger partial charge in [-0.25, -0.2) is 0 Å². The minimum Gasteiger partial charge on any atom is -0.497 e. The lowest BCUT2D eigenvalue weighted by molar-refractivity contribution is -0.129. The van der Waals surface area contributed by atoms with Crippen LogP contribution in [0.4, 0.5) is 0 Å². The molecule has 8 heteroatoms. The van der Waals surface area contributed by atoms with Gasteiger partial charge in [-0.05, 0) is 49.6 Å². The van der Waals surface area contributed by atoms with Crippen LogP contribution in [0.3, 0.4) is 0 Å². The fourth-order valence-electron chi connectivity index (χ4n) is 3.94. The lowest BCUT2D eigenvalue weighted by atomic mass is 10.2. The highest BCUT2D eigenvalue weighted by molar-refractivity contribution is 8.00. The van der Waals surface area contributed by atoms with Gasteiger partial charge in [0, 0.05) is 25.8 Å². The average Bonchev–Trinajstić information content (AvgIpc) is 3.50. The fraction of sp³-hybridized carbons (Fsp3) is 0.400. The summed E-state index contributed by atoms with van der Waals surface area (Å²) in [5.74, 6) is 1.62. The third kappa shape index (κ3) is 5.75. The Bertz CT molecular complexity index is 1050. The summed E-state index contributed by atoms with van der Waals surface area (Å²) < 4.78 is 13.3. The van der Waals surface area contributed by atoms with Gasteiger partial charge in [-0.1, -0.05) is 42.1 Å². The molecule has 7 nitrogen and oxygen atoms in total. The van der Waals surface area contributed by atoms with E-state index in [1.165, 1.54) is 11.8 Å². The van der Waals surface area contributed by atoms with Crippen LogP contribution in [0.1, 0.15) is 25.3 Å². The summed E-state index contributed by atoms with van der Waals surface area (Å²) in [4.78, 5) is 14.8. The van der Waals surface area contributed by atoms with E-state index in [0.717, 1.165) is 47.3 Å². The number of aromatic nitrogens is 3. The zero-order chi connectivity index (χ0) is 23.2. The topological polar surface area (TPSA) is 69.5 Å². The van der Waals surface area contributed by atoms with E-state index in [1.807, 2.05) is 68.6 Å². The molecule has 2 aromatic carbocycles. The van der Waals surface area contributed by atoms with Gasteiger partial charge < -0.3 is 14.4 Å². The molecule has 0 N–H and O–H groups in total. The van der Waals surface area contributed by atoms with E-state index in [1.54, 1.807) is 12.0 Å². The number of amides is 1. The van der Waals surface area contributed by atoms with Gasteiger partial charge in [0.05, 0.1) is 25.0 Å². The molecule has 0 aliphatic carbocycles. The summed E-state index contributed by atoms with van der Waals surface area (Å²) in [7, 11) is 3.49. The highest BCUT2D eigenvalue weighted by atomic mass is 32.2. The number of thioether (sulfide) groups is 1. The molecule has 174 valence electrons. The first-order valence-electron chi connectivity index (χ1n) is 11.2. The lowest BCUT2D eigenvalue weighted by Gasteiger charge is -2.21. The maximum absolute atomic E-state index is 13.1. The Morgan fingerprint density at radius 3 is 2.64 bits per heavy atom. The highest BCUT2D eigenvalue weighted by Crippen LogP contribution is 2.30. The minimum atomic E-state index is -0.296. The summed E-state index contributed by atoms with van der Waals surface area (Å²) in [6.07, 6.45) is 2.20. The summed E-state index contributed by atoms with van der Waals surface area (Å²) in [6, 6.07) is 17.8. The second kappa shape index (κ2) is 10.9. The van der Waals surface area contributed by atoms with E-state index < -0.39 is 0 Å². The van der Waals surface area contributed by atoms with Crippen molar-refractivity contribution in [3.8, 4) is 17.1 Å². The molecular formula is C25H30N4O3S. The van der Waals surface area contributed by atoms with Crippen LogP contribution >= 0.6 is 11.8 Å². The zero-order valence-corrected chi connectivity index (χ0v) is 20.1. The molecule has 1 aromatic heterocycles. The number of hydrogen-bond donors (Lipinski definition) is 0. The summed E-state index contributed by atoms with van der Waals surface area (Å²) in [6.45, 7) is 3.95. The molecule has 2 unspecified atom stereocenters. The Morgan fingerprint density at radius 2 is 1.97 bits per heavy atom. The number of carbonyl (C=O) groups excluding carboxylic acids is 1. The number of methoxy groups -OCH3 is 1. The van der Waals surface area contributed by atoms with Crippen molar-refractivity contribution in [1.29, 1.82) is 0 Å². The van der Waals surface area contributed by atoms with Crippen LogP contribution < -0.4 is 4.74 Å². The highest BCUT2D eigenvalue weighted by Gasteiger charge is 2.26. The Labute approximate surface area is 199 Å². The van der Waals surface area contributed by atoms with Crippen molar-refractivity contribution in [3.63, 3.8) is 0 Å². The number of hydrogen-bond acceptors (Lipinski definition) is 6. The largest absolute Gasteiger partial charge is 0.497 e. The maximum atomic E-state index is 13.1. The van der Waals surface area contributed by atoms with Crippen molar-refractivity contribution < 1.29 is 14.3 Å². The van der Waals surface area contributed by atoms with Crippen LogP contribution in [-0.4, -0.2) is 57.7 Å². The van der Waals surface area contributed by atoms with Gasteiger partial charge in [0.15, 0.2) is 11.0 Å².